The molecular formula is C22H20N4O4. The van der Waals surface area contributed by atoms with Crippen molar-refractivity contribution in [2.75, 3.05) is 19.5 Å². The van der Waals surface area contributed by atoms with Gasteiger partial charge in [0.15, 0.2) is 5.82 Å². The molecule has 0 atom stereocenters. The summed E-state index contributed by atoms with van der Waals surface area (Å²) in [7, 11) is 3.18. The van der Waals surface area contributed by atoms with Crippen LogP contribution < -0.4 is 14.8 Å². The van der Waals surface area contributed by atoms with Crippen molar-refractivity contribution in [3.63, 3.8) is 0 Å². The molecule has 0 bridgehead atoms. The number of furan rings is 1. The van der Waals surface area contributed by atoms with Crippen LogP contribution in [0.4, 0.5) is 5.95 Å². The molecule has 0 aliphatic rings. The van der Waals surface area contributed by atoms with Crippen LogP contribution in [0.1, 0.15) is 16.1 Å². The molecule has 30 heavy (non-hydrogen) atoms. The maximum Gasteiger partial charge on any atom is 0.281 e. The Hall–Kier alpha value is -4.07. The molecule has 2 aromatic heterocycles. The summed E-state index contributed by atoms with van der Waals surface area (Å²) in [5.74, 6) is 2.53. The highest BCUT2D eigenvalue weighted by Gasteiger charge is 2.19. The summed E-state index contributed by atoms with van der Waals surface area (Å²) in [4.78, 5) is 17.6. The van der Waals surface area contributed by atoms with Crippen LogP contribution in [0.5, 0.6) is 11.5 Å². The SMILES string of the molecule is COc1ccc(C(=O)n2nc(-c3ccc(OC)cc3)nc2NCc2ccco2)cc1. The molecule has 4 aromatic rings. The van der Waals surface area contributed by atoms with Gasteiger partial charge in [0.2, 0.25) is 5.95 Å². The Bertz CT molecular complexity index is 1120. The van der Waals surface area contributed by atoms with Crippen molar-refractivity contribution in [3.8, 4) is 22.9 Å². The summed E-state index contributed by atoms with van der Waals surface area (Å²) >= 11 is 0. The number of ether oxygens (including phenoxy) is 2. The molecule has 0 radical (unpaired) electrons. The van der Waals surface area contributed by atoms with Crippen LogP contribution >= 0.6 is 0 Å². The summed E-state index contributed by atoms with van der Waals surface area (Å²) in [6.45, 7) is 0.365. The van der Waals surface area contributed by atoms with Crippen molar-refractivity contribution in [1.29, 1.82) is 0 Å². The lowest BCUT2D eigenvalue weighted by atomic mass is 10.2. The van der Waals surface area contributed by atoms with Gasteiger partial charge in [-0.25, -0.2) is 0 Å². The number of hydrogen-bond donors (Lipinski definition) is 1. The van der Waals surface area contributed by atoms with Crippen LogP contribution in [0.15, 0.2) is 71.3 Å². The van der Waals surface area contributed by atoms with Crippen LogP contribution in [0.3, 0.4) is 0 Å². The summed E-state index contributed by atoms with van der Waals surface area (Å²) < 4.78 is 17.0. The Morgan fingerprint density at radius 1 is 1.00 bits per heavy atom. The van der Waals surface area contributed by atoms with Gasteiger partial charge in [-0.05, 0) is 60.7 Å². The van der Waals surface area contributed by atoms with E-state index in [9.17, 15) is 4.79 Å². The van der Waals surface area contributed by atoms with Gasteiger partial charge in [0.05, 0.1) is 27.0 Å². The van der Waals surface area contributed by atoms with E-state index in [2.05, 4.69) is 15.4 Å². The van der Waals surface area contributed by atoms with E-state index in [1.807, 2.05) is 30.3 Å². The lowest BCUT2D eigenvalue weighted by Crippen LogP contribution is -2.17. The third kappa shape index (κ3) is 4.02. The first-order chi connectivity index (χ1) is 14.7. The van der Waals surface area contributed by atoms with Gasteiger partial charge >= 0.3 is 0 Å². The largest absolute Gasteiger partial charge is 0.497 e. The van der Waals surface area contributed by atoms with Gasteiger partial charge in [0, 0.05) is 11.1 Å². The highest BCUT2D eigenvalue weighted by molar-refractivity contribution is 5.97. The summed E-state index contributed by atoms with van der Waals surface area (Å²) in [5.41, 5.74) is 1.22. The normalized spacial score (nSPS) is 10.6. The van der Waals surface area contributed by atoms with Crippen molar-refractivity contribution < 1.29 is 18.7 Å². The highest BCUT2D eigenvalue weighted by atomic mass is 16.5. The minimum atomic E-state index is -0.313. The molecule has 2 aromatic carbocycles. The molecule has 0 saturated carbocycles. The first-order valence-corrected chi connectivity index (χ1v) is 9.24. The number of rotatable bonds is 7. The van der Waals surface area contributed by atoms with Gasteiger partial charge < -0.3 is 19.2 Å². The third-order valence-corrected chi connectivity index (χ3v) is 4.49. The van der Waals surface area contributed by atoms with Crippen molar-refractivity contribution >= 4 is 11.9 Å². The second-order valence-corrected chi connectivity index (χ2v) is 6.37. The first kappa shape index (κ1) is 19.3. The maximum atomic E-state index is 13.1. The molecule has 0 amide bonds. The van der Waals surface area contributed by atoms with Gasteiger partial charge in [0.1, 0.15) is 17.3 Å². The second-order valence-electron chi connectivity index (χ2n) is 6.37. The summed E-state index contributed by atoms with van der Waals surface area (Å²) in [6.07, 6.45) is 1.59. The molecule has 2 heterocycles. The van der Waals surface area contributed by atoms with E-state index in [0.717, 1.165) is 11.3 Å². The van der Waals surface area contributed by atoms with E-state index >= 15 is 0 Å². The standard InChI is InChI=1S/C22H20N4O4/c1-28-17-9-5-15(6-10-17)20-24-22(23-14-19-4-3-13-30-19)26(25-20)21(27)16-7-11-18(29-2)12-8-16/h3-13H,14H2,1-2H3,(H,23,24,25). The van der Waals surface area contributed by atoms with E-state index in [1.54, 1.807) is 50.8 Å². The number of anilines is 1. The minimum absolute atomic E-state index is 0.313. The van der Waals surface area contributed by atoms with E-state index < -0.39 is 0 Å². The van der Waals surface area contributed by atoms with Crippen LogP contribution in [0.2, 0.25) is 0 Å². The number of benzene rings is 2. The Morgan fingerprint density at radius 3 is 2.27 bits per heavy atom. The van der Waals surface area contributed by atoms with Crippen LogP contribution in [-0.2, 0) is 6.54 Å². The first-order valence-electron chi connectivity index (χ1n) is 9.24. The summed E-state index contributed by atoms with van der Waals surface area (Å²) in [5, 5.41) is 7.57. The molecule has 0 saturated heterocycles. The number of nitrogens with one attached hydrogen (secondary N) is 1. The van der Waals surface area contributed by atoms with Crippen LogP contribution in [-0.4, -0.2) is 34.9 Å². The van der Waals surface area contributed by atoms with Crippen molar-refractivity contribution in [2.24, 2.45) is 0 Å². The van der Waals surface area contributed by atoms with Crippen molar-refractivity contribution in [2.45, 2.75) is 6.54 Å². The number of nitrogens with zero attached hydrogens (tertiary/aromatic N) is 3. The topological polar surface area (TPSA) is 91.4 Å². The number of carbonyl (C=O) groups excluding carboxylic acids is 1. The highest BCUT2D eigenvalue weighted by Crippen LogP contribution is 2.22. The van der Waals surface area contributed by atoms with E-state index in [-0.39, 0.29) is 5.91 Å². The third-order valence-electron chi connectivity index (χ3n) is 4.49. The molecule has 0 spiro atoms. The van der Waals surface area contributed by atoms with E-state index in [0.29, 0.717) is 35.4 Å². The second kappa shape index (κ2) is 8.52. The Labute approximate surface area is 173 Å². The van der Waals surface area contributed by atoms with Gasteiger partial charge in [-0.15, -0.1) is 5.10 Å². The van der Waals surface area contributed by atoms with Gasteiger partial charge in [-0.2, -0.15) is 9.67 Å². The molecular weight excluding hydrogens is 384 g/mol. The zero-order valence-corrected chi connectivity index (χ0v) is 16.5. The molecule has 0 fully saturated rings. The fourth-order valence-electron chi connectivity index (χ4n) is 2.87. The molecule has 0 aliphatic heterocycles. The summed E-state index contributed by atoms with van der Waals surface area (Å²) in [6, 6.07) is 17.8. The number of hydrogen-bond acceptors (Lipinski definition) is 7. The molecule has 8 heteroatoms. The predicted octanol–water partition coefficient (Wildman–Crippen LogP) is 3.86. The molecule has 0 aliphatic carbocycles. The molecule has 4 rings (SSSR count). The Balaban J connectivity index is 1.67. The fourth-order valence-corrected chi connectivity index (χ4v) is 2.87. The lowest BCUT2D eigenvalue weighted by molar-refractivity contribution is 0.0947. The molecule has 0 unspecified atom stereocenters. The van der Waals surface area contributed by atoms with Gasteiger partial charge in [-0.1, -0.05) is 0 Å². The zero-order valence-electron chi connectivity index (χ0n) is 16.5. The number of carbonyl (C=O) groups is 1. The van der Waals surface area contributed by atoms with Crippen LogP contribution in [0, 0.1) is 0 Å². The maximum absolute atomic E-state index is 13.1. The van der Waals surface area contributed by atoms with Crippen molar-refractivity contribution in [1.82, 2.24) is 14.8 Å². The molecule has 8 nitrogen and oxygen atoms in total. The smallest absolute Gasteiger partial charge is 0.281 e. The van der Waals surface area contributed by atoms with Gasteiger partial charge in [0.25, 0.3) is 5.91 Å². The Morgan fingerprint density at radius 2 is 1.67 bits per heavy atom. The van der Waals surface area contributed by atoms with Gasteiger partial charge in [-0.3, -0.25) is 4.79 Å². The average molecular weight is 404 g/mol. The Kier molecular flexibility index (Phi) is 5.47. The quantitative estimate of drug-likeness (QED) is 0.500. The monoisotopic (exact) mass is 404 g/mol. The predicted molar refractivity (Wildman–Crippen MR) is 111 cm³/mol. The minimum Gasteiger partial charge on any atom is -0.497 e. The van der Waals surface area contributed by atoms with E-state index in [4.69, 9.17) is 13.9 Å². The molecule has 152 valence electrons. The average Bonchev–Trinajstić information content (AvgIpc) is 3.47. The fraction of sp³-hybridized carbons (Fsp3) is 0.136. The van der Waals surface area contributed by atoms with Crippen molar-refractivity contribution in [3.05, 3.63) is 78.3 Å². The zero-order chi connectivity index (χ0) is 20.9. The lowest BCUT2D eigenvalue weighted by Gasteiger charge is -2.06. The van der Waals surface area contributed by atoms with E-state index in [1.165, 1.54) is 4.68 Å². The number of methoxy groups -OCH3 is 2. The molecule has 1 N–H and O–H groups in total. The number of aromatic nitrogens is 3. The van der Waals surface area contributed by atoms with Crippen LogP contribution in [0.25, 0.3) is 11.4 Å².